The number of nitrogens with zero attached hydrogens (tertiary/aromatic N) is 8. The molecule has 5 saturated heterocycles. The Kier molecular flexibility index (Phi) is 10.3. The lowest BCUT2D eigenvalue weighted by atomic mass is 10.1. The van der Waals surface area contributed by atoms with E-state index < -0.39 is 22.5 Å². The molecule has 0 aromatic heterocycles. The van der Waals surface area contributed by atoms with Crippen molar-refractivity contribution in [3.63, 3.8) is 0 Å². The third-order valence-corrected chi connectivity index (χ3v) is 21.1. The largest absolute Gasteiger partial charge is 0.379 e. The SMILES string of the molecule is [CH]1[CH][CH][C](CN2CCCCNP23=NP(N2CCOCC2)(N2CCOCC2)=NP(N2CCOCC2)(N2CCOCC2)=N3)[CH]1. The van der Waals surface area contributed by atoms with Gasteiger partial charge in [-0.1, -0.05) is 0 Å². The van der Waals surface area contributed by atoms with E-state index in [-0.39, 0.29) is 0 Å². The number of hydrogen-bond acceptors (Lipinski definition) is 13. The maximum absolute atomic E-state index is 6.18. The summed E-state index contributed by atoms with van der Waals surface area (Å²) in [5, 5.41) is 4.09. The average molecular weight is 643 g/mol. The van der Waals surface area contributed by atoms with E-state index in [1.165, 1.54) is 5.92 Å². The van der Waals surface area contributed by atoms with Crippen LogP contribution in [0.1, 0.15) is 12.8 Å². The Hall–Kier alpha value is 0.290. The summed E-state index contributed by atoms with van der Waals surface area (Å²) >= 11 is 0. The van der Waals surface area contributed by atoms with Crippen molar-refractivity contribution in [3.8, 4) is 0 Å². The molecule has 13 nitrogen and oxygen atoms in total. The van der Waals surface area contributed by atoms with Crippen LogP contribution in [0.4, 0.5) is 0 Å². The molecule has 0 amide bonds. The van der Waals surface area contributed by atoms with Crippen LogP contribution >= 0.6 is 22.5 Å². The Morgan fingerprint density at radius 3 is 1.50 bits per heavy atom. The number of nitrogens with one attached hydrogen (secondary N) is 1. The molecule has 1 N–H and O–H groups in total. The molecule has 7 aliphatic rings. The zero-order valence-corrected chi connectivity index (χ0v) is 27.4. The predicted octanol–water partition coefficient (Wildman–Crippen LogP) is 3.26. The van der Waals surface area contributed by atoms with Gasteiger partial charge >= 0.3 is 0 Å². The first kappa shape index (κ1) is 30.9. The van der Waals surface area contributed by atoms with Crippen LogP contribution in [0, 0.1) is 31.6 Å². The summed E-state index contributed by atoms with van der Waals surface area (Å²) in [7, 11) is -7.75. The topological polar surface area (TPSA) is 102 Å². The molecule has 0 aromatic rings. The number of ether oxygens (including phenoxy) is 4. The molecule has 0 aromatic carbocycles. The number of rotatable bonds is 6. The van der Waals surface area contributed by atoms with Crippen LogP contribution in [0.3, 0.4) is 0 Å². The highest BCUT2D eigenvalue weighted by molar-refractivity contribution is 7.83. The van der Waals surface area contributed by atoms with Crippen LogP contribution in [0.15, 0.2) is 13.5 Å². The van der Waals surface area contributed by atoms with Crippen molar-refractivity contribution in [1.82, 2.24) is 28.4 Å². The second-order valence-corrected chi connectivity index (χ2v) is 20.0. The monoisotopic (exact) mass is 642 g/mol. The molecule has 6 aliphatic heterocycles. The van der Waals surface area contributed by atoms with Gasteiger partial charge in [0.15, 0.2) is 0 Å². The van der Waals surface area contributed by atoms with Crippen molar-refractivity contribution in [2.75, 3.05) is 125 Å². The normalized spacial score (nSPS) is 34.9. The lowest BCUT2D eigenvalue weighted by Crippen LogP contribution is -2.46. The summed E-state index contributed by atoms with van der Waals surface area (Å²) in [6, 6.07) is 0. The summed E-state index contributed by atoms with van der Waals surface area (Å²) < 4.78 is 55.2. The van der Waals surface area contributed by atoms with Gasteiger partial charge in [0.2, 0.25) is 22.5 Å². The van der Waals surface area contributed by atoms with E-state index in [4.69, 9.17) is 32.5 Å². The van der Waals surface area contributed by atoms with Crippen LogP contribution in [-0.4, -0.2) is 148 Å². The molecular formula is C26H47N9O4P3. The second-order valence-electron chi connectivity index (χ2n) is 11.5. The van der Waals surface area contributed by atoms with Gasteiger partial charge in [-0.15, -0.1) is 0 Å². The molecule has 5 radical (unpaired) electrons. The molecule has 1 unspecified atom stereocenters. The highest BCUT2D eigenvalue weighted by atomic mass is 31.3. The van der Waals surface area contributed by atoms with Gasteiger partial charge in [0, 0.05) is 72.0 Å². The van der Waals surface area contributed by atoms with Crippen molar-refractivity contribution in [1.29, 1.82) is 0 Å². The molecule has 7 rings (SSSR count). The molecule has 1 saturated carbocycles. The maximum atomic E-state index is 6.18. The van der Waals surface area contributed by atoms with Gasteiger partial charge in [-0.25, -0.2) is 23.4 Å². The molecule has 6 heterocycles. The van der Waals surface area contributed by atoms with Crippen LogP contribution < -0.4 is 5.09 Å². The van der Waals surface area contributed by atoms with E-state index in [2.05, 4.69) is 54.1 Å². The van der Waals surface area contributed by atoms with Gasteiger partial charge in [-0.3, -0.25) is 5.09 Å². The van der Waals surface area contributed by atoms with Gasteiger partial charge in [0.05, 0.1) is 52.9 Å². The van der Waals surface area contributed by atoms with Crippen molar-refractivity contribution >= 4 is 22.5 Å². The van der Waals surface area contributed by atoms with Crippen LogP contribution in [0.2, 0.25) is 0 Å². The molecule has 1 aliphatic carbocycles. The van der Waals surface area contributed by atoms with E-state index in [0.717, 1.165) is 84.8 Å². The third kappa shape index (κ3) is 6.18. The lowest BCUT2D eigenvalue weighted by Gasteiger charge is -2.53. The Labute approximate surface area is 252 Å². The van der Waals surface area contributed by atoms with E-state index in [1.54, 1.807) is 0 Å². The van der Waals surface area contributed by atoms with Crippen LogP contribution in [-0.2, 0) is 18.9 Å². The Morgan fingerprint density at radius 2 is 1.02 bits per heavy atom. The van der Waals surface area contributed by atoms with Gasteiger partial charge in [-0.2, -0.15) is 13.5 Å². The third-order valence-electron chi connectivity index (χ3n) is 8.86. The summed E-state index contributed by atoms with van der Waals surface area (Å²) in [6.07, 6.45) is 11.0. The number of morpholine rings is 4. The zero-order chi connectivity index (χ0) is 28.3. The quantitative estimate of drug-likeness (QED) is 0.435. The Morgan fingerprint density at radius 1 is 0.571 bits per heavy atom. The fourth-order valence-electron chi connectivity index (χ4n) is 6.62. The maximum Gasteiger partial charge on any atom is 0.221 e. The second kappa shape index (κ2) is 14.0. The van der Waals surface area contributed by atoms with Gasteiger partial charge in [0.1, 0.15) is 0 Å². The zero-order valence-electron chi connectivity index (χ0n) is 24.7. The van der Waals surface area contributed by atoms with E-state index in [9.17, 15) is 0 Å². The van der Waals surface area contributed by atoms with Crippen LogP contribution in [0.5, 0.6) is 0 Å². The molecule has 235 valence electrons. The van der Waals surface area contributed by atoms with Crippen molar-refractivity contribution in [2.45, 2.75) is 12.8 Å². The fourth-order valence-corrected chi connectivity index (χ4v) is 22.0. The molecule has 16 heteroatoms. The molecule has 42 heavy (non-hydrogen) atoms. The highest BCUT2D eigenvalue weighted by Crippen LogP contribution is 2.82. The minimum absolute atomic E-state index is 0.713. The van der Waals surface area contributed by atoms with Gasteiger partial charge in [0.25, 0.3) is 0 Å². The van der Waals surface area contributed by atoms with Crippen molar-refractivity contribution in [2.24, 2.45) is 13.5 Å². The Bertz CT molecular complexity index is 999. The first-order valence-electron chi connectivity index (χ1n) is 15.7. The molecule has 1 spiro atoms. The van der Waals surface area contributed by atoms with E-state index in [0.29, 0.717) is 52.9 Å². The minimum atomic E-state index is -2.58. The number of hydrogen-bond donors (Lipinski definition) is 1. The molecule has 0 bridgehead atoms. The average Bonchev–Trinajstić information content (AvgIpc) is 3.52. The van der Waals surface area contributed by atoms with E-state index >= 15 is 0 Å². The molecule has 1 atom stereocenters. The summed E-state index contributed by atoms with van der Waals surface area (Å²) in [6.45, 7) is 15.2. The summed E-state index contributed by atoms with van der Waals surface area (Å²) in [5.74, 6) is 1.33. The molecule has 6 fully saturated rings. The summed E-state index contributed by atoms with van der Waals surface area (Å²) in [4.78, 5) is 0. The smallest absolute Gasteiger partial charge is 0.221 e. The van der Waals surface area contributed by atoms with Gasteiger partial charge < -0.3 is 18.9 Å². The Balaban J connectivity index is 1.48. The minimum Gasteiger partial charge on any atom is -0.379 e. The molecular weight excluding hydrogens is 595 g/mol. The fraction of sp³-hybridized carbons (Fsp3) is 0.808. The van der Waals surface area contributed by atoms with E-state index in [1.807, 2.05) is 0 Å². The highest BCUT2D eigenvalue weighted by Gasteiger charge is 2.51. The lowest BCUT2D eigenvalue weighted by molar-refractivity contribution is 0.0547. The standard InChI is InChI=1S/C26H47N9O4P3/c1-2-6-26(5-1)25-35-8-4-3-7-27-40(35)28-41(31-9-17-36-18-10-31,32-11-19-37-20-12-32)30-42(29-40,33-13-21-38-22-14-33)34-15-23-39-24-16-34/h1-2,5-6,27H,3-4,7-25H2. The van der Waals surface area contributed by atoms with Crippen molar-refractivity contribution in [3.05, 3.63) is 31.6 Å². The predicted molar refractivity (Wildman–Crippen MR) is 167 cm³/mol. The van der Waals surface area contributed by atoms with Crippen molar-refractivity contribution < 1.29 is 18.9 Å². The van der Waals surface area contributed by atoms with Crippen LogP contribution in [0.25, 0.3) is 0 Å². The first-order chi connectivity index (χ1) is 20.7. The summed E-state index contributed by atoms with van der Waals surface area (Å²) in [5.41, 5.74) is 0. The first-order valence-corrected chi connectivity index (χ1v) is 20.5. The van der Waals surface area contributed by atoms with Gasteiger partial charge in [-0.05, 0) is 44.4 Å².